The molecular formula is C18H18ClNO5S. The molecule has 0 bridgehead atoms. The second kappa shape index (κ2) is 7.65. The van der Waals surface area contributed by atoms with E-state index in [2.05, 4.69) is 0 Å². The number of rotatable bonds is 6. The molecule has 1 amide bonds. The minimum absolute atomic E-state index is 0.0742. The van der Waals surface area contributed by atoms with Crippen molar-refractivity contribution in [3.8, 4) is 11.5 Å². The highest BCUT2D eigenvalue weighted by atomic mass is 35.5. The van der Waals surface area contributed by atoms with Gasteiger partial charge in [-0.3, -0.25) is 8.98 Å². The normalized spacial score (nSPS) is 17.5. The maximum Gasteiger partial charge on any atom is 0.264 e. The first-order valence-corrected chi connectivity index (χ1v) is 10.2. The predicted octanol–water partition coefficient (Wildman–Crippen LogP) is 3.21. The summed E-state index contributed by atoms with van der Waals surface area (Å²) in [7, 11) is -3.57. The molecule has 1 heterocycles. The topological polar surface area (TPSA) is 72.9 Å². The molecule has 26 heavy (non-hydrogen) atoms. The molecule has 0 unspecified atom stereocenters. The second-order valence-corrected chi connectivity index (χ2v) is 8.14. The largest absolute Gasteiger partial charge is 0.457 e. The van der Waals surface area contributed by atoms with Gasteiger partial charge in [-0.1, -0.05) is 23.7 Å². The van der Waals surface area contributed by atoms with E-state index < -0.39 is 16.2 Å². The lowest BCUT2D eigenvalue weighted by Crippen LogP contribution is -2.26. The van der Waals surface area contributed by atoms with Gasteiger partial charge in [0.2, 0.25) is 5.91 Å². The average Bonchev–Trinajstić information content (AvgIpc) is 2.89. The highest BCUT2D eigenvalue weighted by molar-refractivity contribution is 7.86. The van der Waals surface area contributed by atoms with Crippen LogP contribution in [0.25, 0.3) is 0 Å². The number of hydrogen-bond acceptors (Lipinski definition) is 5. The Morgan fingerprint density at radius 3 is 2.23 bits per heavy atom. The second-order valence-electron chi connectivity index (χ2n) is 6.10. The molecule has 138 valence electrons. The molecule has 0 saturated carbocycles. The summed E-state index contributed by atoms with van der Waals surface area (Å²) in [4.78, 5) is 13.6. The monoisotopic (exact) mass is 395 g/mol. The predicted molar refractivity (Wildman–Crippen MR) is 97.7 cm³/mol. The quantitative estimate of drug-likeness (QED) is 0.702. The Bertz CT molecular complexity index is 881. The number of benzene rings is 2. The molecule has 1 atom stereocenters. The zero-order valence-corrected chi connectivity index (χ0v) is 15.7. The van der Waals surface area contributed by atoms with Crippen LogP contribution in [-0.4, -0.2) is 38.1 Å². The lowest BCUT2D eigenvalue weighted by molar-refractivity contribution is -0.128. The van der Waals surface area contributed by atoms with E-state index in [9.17, 15) is 13.2 Å². The van der Waals surface area contributed by atoms with Gasteiger partial charge in [-0.2, -0.15) is 8.42 Å². The van der Waals surface area contributed by atoms with Gasteiger partial charge < -0.3 is 9.64 Å². The van der Waals surface area contributed by atoms with Gasteiger partial charge in [0.05, 0.1) is 12.7 Å². The van der Waals surface area contributed by atoms with E-state index >= 15 is 0 Å². The minimum atomic E-state index is -3.57. The molecule has 2 aromatic carbocycles. The summed E-state index contributed by atoms with van der Waals surface area (Å²) < 4.78 is 33.0. The van der Waals surface area contributed by atoms with Gasteiger partial charge in [0, 0.05) is 18.1 Å². The van der Waals surface area contributed by atoms with Crippen molar-refractivity contribution in [1.82, 2.24) is 4.90 Å². The summed E-state index contributed by atoms with van der Waals surface area (Å²) in [5.74, 6) is 1.22. The van der Waals surface area contributed by atoms with Crippen LogP contribution in [0.5, 0.6) is 11.5 Å². The Morgan fingerprint density at radius 2 is 1.65 bits per heavy atom. The third kappa shape index (κ3) is 5.20. The molecular weight excluding hydrogens is 378 g/mol. The van der Waals surface area contributed by atoms with Gasteiger partial charge in [0.25, 0.3) is 10.1 Å². The van der Waals surface area contributed by atoms with E-state index in [1.165, 1.54) is 0 Å². The molecule has 0 aliphatic carbocycles. The Kier molecular flexibility index (Phi) is 5.50. The fraction of sp³-hybridized carbons (Fsp3) is 0.278. The van der Waals surface area contributed by atoms with Crippen LogP contribution in [0.4, 0.5) is 0 Å². The van der Waals surface area contributed by atoms with Crippen LogP contribution < -0.4 is 4.74 Å². The Hall–Kier alpha value is -2.09. The summed E-state index contributed by atoms with van der Waals surface area (Å²) in [5.41, 5.74) is 0.918. The van der Waals surface area contributed by atoms with E-state index in [1.54, 1.807) is 29.2 Å². The van der Waals surface area contributed by atoms with Crippen molar-refractivity contribution in [3.63, 3.8) is 0 Å². The lowest BCUT2D eigenvalue weighted by atomic mass is 10.2. The van der Waals surface area contributed by atoms with Gasteiger partial charge in [-0.15, -0.1) is 0 Å². The van der Waals surface area contributed by atoms with Gasteiger partial charge in [0.15, 0.2) is 0 Å². The number of halogens is 1. The third-order valence-corrected chi connectivity index (χ3v) is 4.71. The third-order valence-electron chi connectivity index (χ3n) is 3.84. The first-order valence-electron chi connectivity index (χ1n) is 7.97. The minimum Gasteiger partial charge on any atom is -0.457 e. The molecule has 2 aromatic rings. The Labute approximate surface area is 157 Å². The van der Waals surface area contributed by atoms with E-state index in [1.807, 2.05) is 24.3 Å². The SMILES string of the molecule is CS(=O)(=O)O[C@H]1CC(=O)N(Cc2ccc(Oc3ccc(Cl)cc3)cc2)C1. The summed E-state index contributed by atoms with van der Waals surface area (Å²) in [5, 5.41) is 0.640. The van der Waals surface area contributed by atoms with Gasteiger partial charge in [-0.25, -0.2) is 0 Å². The van der Waals surface area contributed by atoms with Crippen molar-refractivity contribution in [2.24, 2.45) is 0 Å². The number of hydrogen-bond donors (Lipinski definition) is 0. The first-order chi connectivity index (χ1) is 12.3. The van der Waals surface area contributed by atoms with E-state index in [0.717, 1.165) is 11.8 Å². The Morgan fingerprint density at radius 1 is 1.08 bits per heavy atom. The van der Waals surface area contributed by atoms with Crippen LogP contribution >= 0.6 is 11.6 Å². The van der Waals surface area contributed by atoms with Crippen molar-refractivity contribution in [1.29, 1.82) is 0 Å². The Balaban J connectivity index is 1.59. The summed E-state index contributed by atoms with van der Waals surface area (Å²) in [6.45, 7) is 0.651. The van der Waals surface area contributed by atoms with Crippen molar-refractivity contribution < 1.29 is 22.1 Å². The lowest BCUT2D eigenvalue weighted by Gasteiger charge is -2.16. The standard InChI is InChI=1S/C18H18ClNO5S/c1-26(22,23)25-17-10-18(21)20(12-17)11-13-2-6-15(7-3-13)24-16-8-4-14(19)5-9-16/h2-9,17H,10-12H2,1H3/t17-/m0/s1. The van der Waals surface area contributed by atoms with Crippen LogP contribution in [0, 0.1) is 0 Å². The van der Waals surface area contributed by atoms with Crippen LogP contribution in [0.3, 0.4) is 0 Å². The molecule has 1 saturated heterocycles. The molecule has 0 radical (unpaired) electrons. The van der Waals surface area contributed by atoms with Crippen LogP contribution in [0.2, 0.25) is 5.02 Å². The zero-order valence-electron chi connectivity index (χ0n) is 14.1. The molecule has 1 aliphatic rings. The molecule has 3 rings (SSSR count). The van der Waals surface area contributed by atoms with E-state index in [-0.39, 0.29) is 18.9 Å². The van der Waals surface area contributed by atoms with Crippen LogP contribution in [0.1, 0.15) is 12.0 Å². The van der Waals surface area contributed by atoms with Crippen LogP contribution in [0.15, 0.2) is 48.5 Å². The molecule has 0 spiro atoms. The molecule has 1 fully saturated rings. The fourth-order valence-corrected chi connectivity index (χ4v) is 3.47. The van der Waals surface area contributed by atoms with Crippen LogP contribution in [-0.2, 0) is 25.6 Å². The van der Waals surface area contributed by atoms with Gasteiger partial charge >= 0.3 is 0 Å². The van der Waals surface area contributed by atoms with Gasteiger partial charge in [0.1, 0.15) is 17.6 Å². The van der Waals surface area contributed by atoms with E-state index in [0.29, 0.717) is 23.1 Å². The maximum absolute atomic E-state index is 12.0. The number of carbonyl (C=O) groups excluding carboxylic acids is 1. The summed E-state index contributed by atoms with van der Waals surface area (Å²) >= 11 is 5.84. The van der Waals surface area contributed by atoms with Gasteiger partial charge in [-0.05, 0) is 42.0 Å². The highest BCUT2D eigenvalue weighted by Gasteiger charge is 2.32. The van der Waals surface area contributed by atoms with Crippen molar-refractivity contribution in [2.75, 3.05) is 12.8 Å². The molecule has 8 heteroatoms. The van der Waals surface area contributed by atoms with Crippen molar-refractivity contribution in [2.45, 2.75) is 19.1 Å². The molecule has 1 aliphatic heterocycles. The number of ether oxygens (including phenoxy) is 1. The number of nitrogens with zero attached hydrogens (tertiary/aromatic N) is 1. The first kappa shape index (κ1) is 18.7. The number of carbonyl (C=O) groups is 1. The zero-order chi connectivity index (χ0) is 18.7. The van der Waals surface area contributed by atoms with Crippen molar-refractivity contribution in [3.05, 3.63) is 59.1 Å². The van der Waals surface area contributed by atoms with E-state index in [4.69, 9.17) is 20.5 Å². The molecule has 6 nitrogen and oxygen atoms in total. The number of likely N-dealkylation sites (tertiary alicyclic amines) is 1. The summed E-state index contributed by atoms with van der Waals surface area (Å²) in [6, 6.07) is 14.4. The van der Waals surface area contributed by atoms with Crippen molar-refractivity contribution >= 4 is 27.6 Å². The summed E-state index contributed by atoms with van der Waals surface area (Å²) in [6.07, 6.45) is 0.440. The fourth-order valence-electron chi connectivity index (χ4n) is 2.72. The molecule has 0 N–H and O–H groups in total. The maximum atomic E-state index is 12.0. The molecule has 0 aromatic heterocycles. The average molecular weight is 396 g/mol. The smallest absolute Gasteiger partial charge is 0.264 e. The highest BCUT2D eigenvalue weighted by Crippen LogP contribution is 2.24. The number of amides is 1.